The van der Waals surface area contributed by atoms with Crippen LogP contribution in [-0.4, -0.2) is 48.7 Å². The zero-order valence-electron chi connectivity index (χ0n) is 10.2. The molecule has 0 bridgehead atoms. The molecule has 0 atom stereocenters. The number of hydrogen-bond acceptors (Lipinski definition) is 2. The van der Waals surface area contributed by atoms with E-state index in [0.29, 0.717) is 18.8 Å². The number of rotatable bonds is 3. The van der Waals surface area contributed by atoms with Gasteiger partial charge in [0, 0.05) is 31.9 Å². The predicted octanol–water partition coefficient (Wildman–Crippen LogP) is 2.48. The lowest BCUT2D eigenvalue weighted by Crippen LogP contribution is -2.48. The smallest absolute Gasteiger partial charge is 0.372 e. The molecule has 0 spiro atoms. The van der Waals surface area contributed by atoms with E-state index in [0.717, 1.165) is 19.6 Å². The van der Waals surface area contributed by atoms with E-state index in [1.807, 2.05) is 4.90 Å². The average molecular weight is 248 g/mol. The normalized spacial score (nSPS) is 24.8. The molecule has 0 N–H and O–H groups in total. The highest BCUT2D eigenvalue weighted by molar-refractivity contribution is 5.22. The maximum absolute atomic E-state index is 12.9. The van der Waals surface area contributed by atoms with Crippen molar-refractivity contribution in [2.24, 2.45) is 5.41 Å². The van der Waals surface area contributed by atoms with Gasteiger partial charge >= 0.3 is 6.18 Å². The minimum Gasteiger partial charge on any atom is -0.372 e. The summed E-state index contributed by atoms with van der Waals surface area (Å²) in [4.78, 5) is 4.07. The number of allylic oxidation sites excluding steroid dienone is 1. The lowest BCUT2D eigenvalue weighted by molar-refractivity contribution is -0.180. The van der Waals surface area contributed by atoms with Gasteiger partial charge in [-0.15, -0.1) is 0 Å². The molecular weight excluding hydrogens is 229 g/mol. The Labute approximate surface area is 100 Å². The molecule has 1 aliphatic heterocycles. The number of nitrogens with zero attached hydrogens (tertiary/aromatic N) is 2. The van der Waals surface area contributed by atoms with Crippen molar-refractivity contribution >= 4 is 0 Å². The molecule has 2 fully saturated rings. The lowest BCUT2D eigenvalue weighted by atomic mass is 10.0. The Kier molecular flexibility index (Phi) is 3.14. The summed E-state index contributed by atoms with van der Waals surface area (Å²) in [5.74, 6) is 0. The summed E-state index contributed by atoms with van der Waals surface area (Å²) >= 11 is 0. The second-order valence-corrected chi connectivity index (χ2v) is 4.95. The van der Waals surface area contributed by atoms with Crippen molar-refractivity contribution < 1.29 is 13.2 Å². The monoisotopic (exact) mass is 248 g/mol. The minimum atomic E-state index is -4.13. The number of piperazine rings is 1. The van der Waals surface area contributed by atoms with Crippen LogP contribution in [-0.2, 0) is 0 Å². The van der Waals surface area contributed by atoms with Gasteiger partial charge in [0.1, 0.15) is 5.41 Å². The summed E-state index contributed by atoms with van der Waals surface area (Å²) in [6, 6.07) is 0. The van der Waals surface area contributed by atoms with E-state index in [4.69, 9.17) is 0 Å². The van der Waals surface area contributed by atoms with Gasteiger partial charge in [-0.2, -0.15) is 13.2 Å². The van der Waals surface area contributed by atoms with Crippen LogP contribution in [0.5, 0.6) is 0 Å². The van der Waals surface area contributed by atoms with Crippen LogP contribution >= 0.6 is 0 Å². The Bertz CT molecular complexity index is 299. The van der Waals surface area contributed by atoms with Gasteiger partial charge in [0.15, 0.2) is 0 Å². The molecule has 0 aromatic carbocycles. The summed E-state index contributed by atoms with van der Waals surface area (Å²) in [5.41, 5.74) is -1.30. The van der Waals surface area contributed by atoms with Gasteiger partial charge < -0.3 is 9.80 Å². The van der Waals surface area contributed by atoms with E-state index in [2.05, 4.69) is 18.4 Å². The largest absolute Gasteiger partial charge is 0.399 e. The van der Waals surface area contributed by atoms with E-state index < -0.39 is 11.6 Å². The van der Waals surface area contributed by atoms with Gasteiger partial charge in [0.2, 0.25) is 0 Å². The Balaban J connectivity index is 1.98. The van der Waals surface area contributed by atoms with Gasteiger partial charge in [0.05, 0.1) is 0 Å². The number of halogens is 3. The minimum absolute atomic E-state index is 0.212. The van der Waals surface area contributed by atoms with Gasteiger partial charge in [0.25, 0.3) is 0 Å². The summed E-state index contributed by atoms with van der Waals surface area (Å²) in [7, 11) is 0. The molecule has 2 rings (SSSR count). The standard InChI is InChI=1S/C12H19F3N2/c1-3-16-6-8-17(9-7-16)10(2)11(4-5-11)12(13,14)15/h2-9H2,1H3. The average Bonchev–Trinajstić information content (AvgIpc) is 3.08. The Morgan fingerprint density at radius 1 is 1.18 bits per heavy atom. The van der Waals surface area contributed by atoms with E-state index >= 15 is 0 Å². The molecule has 98 valence electrons. The Morgan fingerprint density at radius 2 is 1.71 bits per heavy atom. The Hall–Kier alpha value is -0.710. The first-order valence-electron chi connectivity index (χ1n) is 6.14. The number of hydrogen-bond donors (Lipinski definition) is 0. The molecular formula is C12H19F3N2. The van der Waals surface area contributed by atoms with Crippen molar-refractivity contribution in [2.75, 3.05) is 32.7 Å². The highest BCUT2D eigenvalue weighted by atomic mass is 19.4. The molecule has 2 aliphatic rings. The van der Waals surface area contributed by atoms with Crippen molar-refractivity contribution in [3.8, 4) is 0 Å². The number of alkyl halides is 3. The number of likely N-dealkylation sites (N-methyl/N-ethyl adjacent to an activating group) is 1. The first-order chi connectivity index (χ1) is 7.90. The van der Waals surface area contributed by atoms with Crippen LogP contribution in [0.2, 0.25) is 0 Å². The molecule has 0 aromatic heterocycles. The van der Waals surface area contributed by atoms with Crippen molar-refractivity contribution in [3.05, 3.63) is 12.3 Å². The van der Waals surface area contributed by atoms with Crippen molar-refractivity contribution in [1.82, 2.24) is 9.80 Å². The second-order valence-electron chi connectivity index (χ2n) is 4.95. The van der Waals surface area contributed by atoms with Crippen molar-refractivity contribution in [1.29, 1.82) is 0 Å². The summed E-state index contributed by atoms with van der Waals surface area (Å²) in [5, 5.41) is 0. The molecule has 0 amide bonds. The second kappa shape index (κ2) is 4.19. The van der Waals surface area contributed by atoms with E-state index in [9.17, 15) is 13.2 Å². The first-order valence-corrected chi connectivity index (χ1v) is 6.14. The maximum atomic E-state index is 12.9. The third kappa shape index (κ3) is 2.17. The summed E-state index contributed by atoms with van der Waals surface area (Å²) in [6.07, 6.45) is -3.71. The molecule has 17 heavy (non-hydrogen) atoms. The van der Waals surface area contributed by atoms with Crippen LogP contribution in [0.3, 0.4) is 0 Å². The van der Waals surface area contributed by atoms with Crippen molar-refractivity contribution in [2.45, 2.75) is 25.9 Å². The fourth-order valence-electron chi connectivity index (χ4n) is 2.50. The summed E-state index contributed by atoms with van der Waals surface area (Å²) in [6.45, 7) is 9.77. The van der Waals surface area contributed by atoms with Crippen LogP contribution in [0.4, 0.5) is 13.2 Å². The molecule has 1 aliphatic carbocycles. The third-order valence-corrected chi connectivity index (χ3v) is 4.05. The van der Waals surface area contributed by atoms with Gasteiger partial charge in [-0.1, -0.05) is 13.5 Å². The van der Waals surface area contributed by atoms with Gasteiger partial charge in [-0.3, -0.25) is 0 Å². The SMILES string of the molecule is C=C(N1CCN(CC)CC1)C1(C(F)(F)F)CC1. The topological polar surface area (TPSA) is 6.48 Å². The van der Waals surface area contributed by atoms with Crippen LogP contribution in [0, 0.1) is 5.41 Å². The molecule has 1 saturated heterocycles. The summed E-state index contributed by atoms with van der Waals surface area (Å²) < 4.78 is 38.8. The lowest BCUT2D eigenvalue weighted by Gasteiger charge is -2.39. The highest BCUT2D eigenvalue weighted by Crippen LogP contribution is 2.62. The predicted molar refractivity (Wildman–Crippen MR) is 60.5 cm³/mol. The van der Waals surface area contributed by atoms with Crippen LogP contribution in [0.25, 0.3) is 0 Å². The van der Waals surface area contributed by atoms with Crippen LogP contribution in [0.15, 0.2) is 12.3 Å². The maximum Gasteiger partial charge on any atom is 0.399 e. The molecule has 1 saturated carbocycles. The first kappa shape index (κ1) is 12.7. The van der Waals surface area contributed by atoms with Crippen LogP contribution in [0.1, 0.15) is 19.8 Å². The molecule has 0 radical (unpaired) electrons. The third-order valence-electron chi connectivity index (χ3n) is 4.05. The molecule has 2 nitrogen and oxygen atoms in total. The fourth-order valence-corrected chi connectivity index (χ4v) is 2.50. The van der Waals surface area contributed by atoms with Crippen molar-refractivity contribution in [3.63, 3.8) is 0 Å². The highest BCUT2D eigenvalue weighted by Gasteiger charge is 2.65. The van der Waals surface area contributed by atoms with E-state index in [1.165, 1.54) is 0 Å². The quantitative estimate of drug-likeness (QED) is 0.757. The fraction of sp³-hybridized carbons (Fsp3) is 0.833. The van der Waals surface area contributed by atoms with Gasteiger partial charge in [-0.25, -0.2) is 0 Å². The Morgan fingerprint density at radius 3 is 2.06 bits per heavy atom. The molecule has 0 aromatic rings. The molecule has 0 unspecified atom stereocenters. The van der Waals surface area contributed by atoms with Gasteiger partial charge in [-0.05, 0) is 19.4 Å². The van der Waals surface area contributed by atoms with Crippen LogP contribution < -0.4 is 0 Å². The molecule has 5 heteroatoms. The molecule has 1 heterocycles. The zero-order valence-corrected chi connectivity index (χ0v) is 10.2. The van der Waals surface area contributed by atoms with E-state index in [-0.39, 0.29) is 12.8 Å². The van der Waals surface area contributed by atoms with E-state index in [1.54, 1.807) is 0 Å². The zero-order chi connectivity index (χ0) is 12.7.